The highest BCUT2D eigenvalue weighted by molar-refractivity contribution is 7.17. The van der Waals surface area contributed by atoms with Crippen molar-refractivity contribution in [3.63, 3.8) is 0 Å². The van der Waals surface area contributed by atoms with Crippen LogP contribution in [0.25, 0.3) is 10.2 Å². The van der Waals surface area contributed by atoms with Crippen LogP contribution in [0.15, 0.2) is 41.8 Å². The molecule has 19 heavy (non-hydrogen) atoms. The number of hydrogen-bond acceptors (Lipinski definition) is 2. The number of halogens is 1. The predicted molar refractivity (Wildman–Crippen MR) is 73.7 cm³/mol. The SMILES string of the molecule is O=C(NCc1ccccc1F)c1cc2sccc2[nH]1. The van der Waals surface area contributed by atoms with Crippen LogP contribution in [0.3, 0.4) is 0 Å². The van der Waals surface area contributed by atoms with Crippen molar-refractivity contribution in [1.82, 2.24) is 10.3 Å². The molecule has 0 atom stereocenters. The first-order chi connectivity index (χ1) is 9.24. The van der Waals surface area contributed by atoms with E-state index in [0.717, 1.165) is 10.2 Å². The summed E-state index contributed by atoms with van der Waals surface area (Å²) in [5.74, 6) is -0.540. The molecule has 2 heterocycles. The Kier molecular flexibility index (Phi) is 3.05. The summed E-state index contributed by atoms with van der Waals surface area (Å²) in [7, 11) is 0. The van der Waals surface area contributed by atoms with Gasteiger partial charge < -0.3 is 10.3 Å². The van der Waals surface area contributed by atoms with E-state index in [1.54, 1.807) is 35.6 Å². The lowest BCUT2D eigenvalue weighted by Crippen LogP contribution is -2.23. The summed E-state index contributed by atoms with van der Waals surface area (Å²) < 4.78 is 14.4. The molecule has 0 spiro atoms. The lowest BCUT2D eigenvalue weighted by molar-refractivity contribution is 0.0946. The Hall–Kier alpha value is -2.14. The highest BCUT2D eigenvalue weighted by atomic mass is 32.1. The Balaban J connectivity index is 1.72. The third-order valence-electron chi connectivity index (χ3n) is 2.88. The smallest absolute Gasteiger partial charge is 0.268 e. The maximum atomic E-state index is 13.4. The largest absolute Gasteiger partial charge is 0.350 e. The Labute approximate surface area is 113 Å². The van der Waals surface area contributed by atoms with Crippen LogP contribution in [0, 0.1) is 5.82 Å². The minimum absolute atomic E-state index is 0.179. The van der Waals surface area contributed by atoms with E-state index in [4.69, 9.17) is 0 Å². The molecule has 0 unspecified atom stereocenters. The first kappa shape index (κ1) is 11.9. The zero-order chi connectivity index (χ0) is 13.2. The summed E-state index contributed by atoms with van der Waals surface area (Å²) in [6, 6.07) is 10.1. The van der Waals surface area contributed by atoms with Crippen LogP contribution >= 0.6 is 11.3 Å². The number of hydrogen-bond donors (Lipinski definition) is 2. The summed E-state index contributed by atoms with van der Waals surface area (Å²) in [6.07, 6.45) is 0. The fraction of sp³-hybridized carbons (Fsp3) is 0.0714. The molecule has 0 fully saturated rings. The highest BCUT2D eigenvalue weighted by Gasteiger charge is 2.10. The van der Waals surface area contributed by atoms with Crippen LogP contribution in [-0.4, -0.2) is 10.9 Å². The lowest BCUT2D eigenvalue weighted by Gasteiger charge is -2.04. The second-order valence-corrected chi connectivity index (χ2v) is 5.10. The number of H-pyrrole nitrogens is 1. The second-order valence-electron chi connectivity index (χ2n) is 4.16. The topological polar surface area (TPSA) is 44.9 Å². The van der Waals surface area contributed by atoms with Crippen LogP contribution < -0.4 is 5.32 Å². The fourth-order valence-electron chi connectivity index (χ4n) is 1.88. The van der Waals surface area contributed by atoms with Gasteiger partial charge in [-0.25, -0.2) is 4.39 Å². The van der Waals surface area contributed by atoms with E-state index >= 15 is 0 Å². The molecule has 0 aliphatic heterocycles. The van der Waals surface area contributed by atoms with Crippen molar-refractivity contribution in [3.05, 3.63) is 58.9 Å². The fourth-order valence-corrected chi connectivity index (χ4v) is 2.67. The molecule has 0 saturated heterocycles. The number of rotatable bonds is 3. The van der Waals surface area contributed by atoms with Crippen LogP contribution in [-0.2, 0) is 6.54 Å². The Morgan fingerprint density at radius 2 is 2.16 bits per heavy atom. The van der Waals surface area contributed by atoms with Crippen LogP contribution in [0.2, 0.25) is 0 Å². The van der Waals surface area contributed by atoms with Crippen molar-refractivity contribution in [1.29, 1.82) is 0 Å². The second kappa shape index (κ2) is 4.85. The molecule has 0 saturated carbocycles. The van der Waals surface area contributed by atoms with E-state index in [2.05, 4.69) is 10.3 Å². The Morgan fingerprint density at radius 3 is 2.95 bits per heavy atom. The lowest BCUT2D eigenvalue weighted by atomic mass is 10.2. The minimum atomic E-state index is -0.310. The summed E-state index contributed by atoms with van der Waals surface area (Å²) in [5.41, 5.74) is 1.92. The standard InChI is InChI=1S/C14H11FN2OS/c15-10-4-2-1-3-9(10)8-16-14(18)12-7-13-11(17-12)5-6-19-13/h1-7,17H,8H2,(H,16,18). The molecule has 5 heteroatoms. The molecule has 3 nitrogen and oxygen atoms in total. The molecule has 1 amide bonds. The zero-order valence-electron chi connectivity index (χ0n) is 9.94. The molecule has 0 radical (unpaired) electrons. The number of fused-ring (bicyclic) bond motifs is 1. The number of aromatic amines is 1. The highest BCUT2D eigenvalue weighted by Crippen LogP contribution is 2.21. The first-order valence-electron chi connectivity index (χ1n) is 5.82. The van der Waals surface area contributed by atoms with Crippen LogP contribution in [0.4, 0.5) is 4.39 Å². The molecular formula is C14H11FN2OS. The first-order valence-corrected chi connectivity index (χ1v) is 6.70. The maximum absolute atomic E-state index is 13.4. The van der Waals surface area contributed by atoms with Gasteiger partial charge in [0, 0.05) is 12.1 Å². The van der Waals surface area contributed by atoms with Gasteiger partial charge in [0.25, 0.3) is 5.91 Å². The molecule has 0 aliphatic carbocycles. The van der Waals surface area contributed by atoms with Gasteiger partial charge in [-0.05, 0) is 23.6 Å². The van der Waals surface area contributed by atoms with E-state index in [1.807, 2.05) is 11.4 Å². The molecule has 2 aromatic heterocycles. The Bertz CT molecular complexity index is 703. The predicted octanol–water partition coefficient (Wildman–Crippen LogP) is 3.30. The molecule has 2 N–H and O–H groups in total. The summed E-state index contributed by atoms with van der Waals surface area (Å²) in [6.45, 7) is 0.179. The quantitative estimate of drug-likeness (QED) is 0.756. The van der Waals surface area contributed by atoms with Gasteiger partial charge in [0.1, 0.15) is 11.5 Å². The van der Waals surface area contributed by atoms with Gasteiger partial charge in [-0.15, -0.1) is 11.3 Å². The maximum Gasteiger partial charge on any atom is 0.268 e. The van der Waals surface area contributed by atoms with Crippen molar-refractivity contribution in [3.8, 4) is 0 Å². The van der Waals surface area contributed by atoms with Gasteiger partial charge in [0.2, 0.25) is 0 Å². The van der Waals surface area contributed by atoms with Gasteiger partial charge in [-0.3, -0.25) is 4.79 Å². The number of carbonyl (C=O) groups excluding carboxylic acids is 1. The minimum Gasteiger partial charge on any atom is -0.350 e. The monoisotopic (exact) mass is 274 g/mol. The van der Waals surface area contributed by atoms with E-state index in [-0.39, 0.29) is 18.3 Å². The third kappa shape index (κ3) is 2.37. The summed E-state index contributed by atoms with van der Waals surface area (Å²) >= 11 is 1.57. The van der Waals surface area contributed by atoms with Gasteiger partial charge in [-0.2, -0.15) is 0 Å². The number of aromatic nitrogens is 1. The van der Waals surface area contributed by atoms with Gasteiger partial charge in [0.15, 0.2) is 0 Å². The van der Waals surface area contributed by atoms with E-state index < -0.39 is 0 Å². The number of benzene rings is 1. The Morgan fingerprint density at radius 1 is 1.32 bits per heavy atom. The zero-order valence-corrected chi connectivity index (χ0v) is 10.8. The van der Waals surface area contributed by atoms with Crippen molar-refractivity contribution < 1.29 is 9.18 Å². The van der Waals surface area contributed by atoms with Crippen molar-refractivity contribution in [2.75, 3.05) is 0 Å². The molecule has 3 rings (SSSR count). The van der Waals surface area contributed by atoms with Crippen molar-refractivity contribution >= 4 is 27.5 Å². The van der Waals surface area contributed by atoms with E-state index in [0.29, 0.717) is 11.3 Å². The molecule has 1 aromatic carbocycles. The number of nitrogens with one attached hydrogen (secondary N) is 2. The summed E-state index contributed by atoms with van der Waals surface area (Å²) in [5, 5.41) is 4.66. The average molecular weight is 274 g/mol. The van der Waals surface area contributed by atoms with Gasteiger partial charge in [0.05, 0.1) is 10.2 Å². The van der Waals surface area contributed by atoms with Crippen molar-refractivity contribution in [2.24, 2.45) is 0 Å². The molecule has 96 valence electrons. The number of thiophene rings is 1. The van der Waals surface area contributed by atoms with E-state index in [1.165, 1.54) is 6.07 Å². The van der Waals surface area contributed by atoms with Crippen LogP contribution in [0.1, 0.15) is 16.1 Å². The summed E-state index contributed by atoms with van der Waals surface area (Å²) in [4.78, 5) is 15.0. The number of amides is 1. The van der Waals surface area contributed by atoms with Gasteiger partial charge >= 0.3 is 0 Å². The molecule has 0 aliphatic rings. The molecule has 3 aromatic rings. The average Bonchev–Trinajstić information content (AvgIpc) is 2.98. The van der Waals surface area contributed by atoms with E-state index in [9.17, 15) is 9.18 Å². The normalized spacial score (nSPS) is 10.8. The van der Waals surface area contributed by atoms with Crippen molar-refractivity contribution in [2.45, 2.75) is 6.54 Å². The van der Waals surface area contributed by atoms with Gasteiger partial charge in [-0.1, -0.05) is 18.2 Å². The molecule has 0 bridgehead atoms. The van der Waals surface area contributed by atoms with Crippen LogP contribution in [0.5, 0.6) is 0 Å². The number of carbonyl (C=O) groups is 1. The molecular weight excluding hydrogens is 263 g/mol. The third-order valence-corrected chi connectivity index (χ3v) is 3.75.